The molecule has 9 nitrogen and oxygen atoms in total. The van der Waals surface area contributed by atoms with Gasteiger partial charge < -0.3 is 10.2 Å². The standard InChI is InChI=1S/C29H35FN6O3S/c1-19(18-31)33-29(37)24-7-4-3-6-23(24)27-26(20(2)36(34-27)28-25(30)8-5-13-32-28)21-9-11-22(12-10-21)35-14-16-40(38,39)17-15-35/h5,8-13,19,23-24,38-39H,3-4,6-7,14-17H2,1-2H3,(H,33,37)/t19-,23+,24+/m0/s1. The average molecular weight is 567 g/mol. The zero-order valence-corrected chi connectivity index (χ0v) is 23.6. The number of nitriles is 1. The number of hydrogen-bond acceptors (Lipinski definition) is 7. The number of amides is 1. The van der Waals surface area contributed by atoms with E-state index in [4.69, 9.17) is 5.10 Å². The lowest BCUT2D eigenvalue weighted by atomic mass is 9.75. The maximum Gasteiger partial charge on any atom is 0.224 e. The van der Waals surface area contributed by atoms with Gasteiger partial charge in [0, 0.05) is 42.4 Å². The molecule has 0 unspecified atom stereocenters. The summed E-state index contributed by atoms with van der Waals surface area (Å²) in [5, 5.41) is 17.0. The van der Waals surface area contributed by atoms with E-state index in [2.05, 4.69) is 21.3 Å². The third-order valence-electron chi connectivity index (χ3n) is 7.99. The molecular formula is C29H35FN6O3S. The fraction of sp³-hybridized carbons (Fsp3) is 0.448. The number of nitrogens with one attached hydrogen (secondary N) is 1. The molecule has 1 saturated carbocycles. The third kappa shape index (κ3) is 5.70. The minimum absolute atomic E-state index is 0.103. The second kappa shape index (κ2) is 11.6. The predicted octanol–water partition coefficient (Wildman–Crippen LogP) is 5.25. The summed E-state index contributed by atoms with van der Waals surface area (Å²) in [5.74, 6) is -0.385. The molecule has 3 aromatic rings. The third-order valence-corrected chi connectivity index (χ3v) is 9.66. The highest BCUT2D eigenvalue weighted by Gasteiger charge is 2.37. The maximum absolute atomic E-state index is 14.9. The zero-order chi connectivity index (χ0) is 28.4. The summed E-state index contributed by atoms with van der Waals surface area (Å²) < 4.78 is 36.4. The van der Waals surface area contributed by atoms with Crippen molar-refractivity contribution in [3.8, 4) is 23.0 Å². The number of rotatable bonds is 6. The second-order valence-electron chi connectivity index (χ2n) is 10.7. The molecule has 2 fully saturated rings. The Morgan fingerprint density at radius 1 is 1.18 bits per heavy atom. The molecule has 1 saturated heterocycles. The summed E-state index contributed by atoms with van der Waals surface area (Å²) >= 11 is 0. The Morgan fingerprint density at radius 2 is 1.88 bits per heavy atom. The fourth-order valence-electron chi connectivity index (χ4n) is 5.83. The number of aromatic nitrogens is 3. The smallest absolute Gasteiger partial charge is 0.224 e. The number of nitrogens with zero attached hydrogens (tertiary/aromatic N) is 5. The Labute approximate surface area is 235 Å². The summed E-state index contributed by atoms with van der Waals surface area (Å²) in [5.41, 5.74) is 4.19. The molecule has 40 heavy (non-hydrogen) atoms. The lowest BCUT2D eigenvalue weighted by Gasteiger charge is -2.41. The second-order valence-corrected chi connectivity index (χ2v) is 13.1. The Balaban J connectivity index is 1.56. The van der Waals surface area contributed by atoms with Crippen LogP contribution in [-0.4, -0.2) is 60.4 Å². The van der Waals surface area contributed by atoms with Crippen LogP contribution in [0, 0.1) is 30.0 Å². The Kier molecular flexibility index (Phi) is 8.12. The lowest BCUT2D eigenvalue weighted by Crippen LogP contribution is -2.40. The van der Waals surface area contributed by atoms with Gasteiger partial charge in [-0.3, -0.25) is 13.9 Å². The molecule has 1 amide bonds. The van der Waals surface area contributed by atoms with Gasteiger partial charge in [0.1, 0.15) is 6.04 Å². The van der Waals surface area contributed by atoms with E-state index in [1.807, 2.05) is 31.2 Å². The number of benzene rings is 1. The van der Waals surface area contributed by atoms with Crippen LogP contribution in [0.3, 0.4) is 0 Å². The molecule has 1 aromatic carbocycles. The molecule has 212 valence electrons. The van der Waals surface area contributed by atoms with Crippen molar-refractivity contribution in [3.05, 3.63) is 59.8 Å². The van der Waals surface area contributed by atoms with Gasteiger partial charge in [-0.25, -0.2) is 14.1 Å². The molecule has 1 aliphatic carbocycles. The predicted molar refractivity (Wildman–Crippen MR) is 154 cm³/mol. The Morgan fingerprint density at radius 3 is 2.55 bits per heavy atom. The first-order valence-electron chi connectivity index (χ1n) is 13.7. The molecule has 3 heterocycles. The van der Waals surface area contributed by atoms with Gasteiger partial charge in [-0.05, 0) is 56.5 Å². The zero-order valence-electron chi connectivity index (χ0n) is 22.8. The van der Waals surface area contributed by atoms with E-state index in [0.717, 1.165) is 47.5 Å². The monoisotopic (exact) mass is 566 g/mol. The summed E-state index contributed by atoms with van der Waals surface area (Å²) in [6.45, 7) is 4.70. The summed E-state index contributed by atoms with van der Waals surface area (Å²) in [4.78, 5) is 19.7. The van der Waals surface area contributed by atoms with E-state index >= 15 is 0 Å². The molecule has 2 aromatic heterocycles. The van der Waals surface area contributed by atoms with E-state index in [1.165, 1.54) is 23.0 Å². The first-order chi connectivity index (χ1) is 19.2. The van der Waals surface area contributed by atoms with Crippen molar-refractivity contribution >= 4 is 22.2 Å². The van der Waals surface area contributed by atoms with Crippen LogP contribution < -0.4 is 10.2 Å². The molecular weight excluding hydrogens is 531 g/mol. The molecule has 0 radical (unpaired) electrons. The summed E-state index contributed by atoms with van der Waals surface area (Å²) in [7, 11) is -2.49. The van der Waals surface area contributed by atoms with Gasteiger partial charge in [0.2, 0.25) is 5.91 Å². The minimum atomic E-state index is -2.49. The number of anilines is 1. The van der Waals surface area contributed by atoms with E-state index < -0.39 is 22.4 Å². The SMILES string of the molecule is Cc1c(-c2ccc(N3CCS(O)(O)CC3)cc2)c([C@@H]2CCCC[C@H]2C(=O)N[C@@H](C)C#N)nn1-c1ncccc1F. The van der Waals surface area contributed by atoms with Gasteiger partial charge in [-0.2, -0.15) is 21.0 Å². The molecule has 11 heteroatoms. The first kappa shape index (κ1) is 28.1. The normalized spacial score (nSPS) is 22.2. The molecule has 0 spiro atoms. The number of carbonyl (C=O) groups is 1. The lowest BCUT2D eigenvalue weighted by molar-refractivity contribution is -0.126. The van der Waals surface area contributed by atoms with Crippen LogP contribution in [0.25, 0.3) is 16.9 Å². The van der Waals surface area contributed by atoms with Crippen LogP contribution in [0.5, 0.6) is 0 Å². The van der Waals surface area contributed by atoms with Crippen molar-refractivity contribution in [3.63, 3.8) is 0 Å². The number of pyridine rings is 1. The number of halogens is 1. The first-order valence-corrected chi connectivity index (χ1v) is 15.6. The quantitative estimate of drug-likeness (QED) is 0.372. The van der Waals surface area contributed by atoms with Crippen LogP contribution >= 0.6 is 10.6 Å². The topological polar surface area (TPSA) is 127 Å². The van der Waals surface area contributed by atoms with Crippen LogP contribution in [0.15, 0.2) is 42.6 Å². The van der Waals surface area contributed by atoms with Gasteiger partial charge in [-0.1, -0.05) is 25.0 Å². The molecule has 3 atom stereocenters. The van der Waals surface area contributed by atoms with Crippen molar-refractivity contribution in [1.82, 2.24) is 20.1 Å². The van der Waals surface area contributed by atoms with Crippen LogP contribution in [0.2, 0.25) is 0 Å². The van der Waals surface area contributed by atoms with Crippen molar-refractivity contribution in [2.45, 2.75) is 51.5 Å². The van der Waals surface area contributed by atoms with Gasteiger partial charge >= 0.3 is 0 Å². The molecule has 1 aliphatic heterocycles. The largest absolute Gasteiger partial charge is 0.368 e. The van der Waals surface area contributed by atoms with E-state index in [1.54, 1.807) is 6.92 Å². The molecule has 3 N–H and O–H groups in total. The number of hydrogen-bond donors (Lipinski definition) is 3. The minimum Gasteiger partial charge on any atom is -0.368 e. The van der Waals surface area contributed by atoms with Gasteiger partial charge in [0.25, 0.3) is 0 Å². The highest BCUT2D eigenvalue weighted by Crippen LogP contribution is 2.44. The Bertz CT molecular complexity index is 1410. The average Bonchev–Trinajstić information content (AvgIpc) is 3.29. The summed E-state index contributed by atoms with van der Waals surface area (Å²) in [6, 6.07) is 12.4. The van der Waals surface area contributed by atoms with Crippen LogP contribution in [0.1, 0.15) is 49.9 Å². The molecule has 5 rings (SSSR count). The van der Waals surface area contributed by atoms with Gasteiger partial charge in [0.05, 0.1) is 29.0 Å². The van der Waals surface area contributed by atoms with Crippen molar-refractivity contribution in [1.29, 1.82) is 5.26 Å². The van der Waals surface area contributed by atoms with E-state index in [-0.39, 0.29) is 23.6 Å². The van der Waals surface area contributed by atoms with Gasteiger partial charge in [0.15, 0.2) is 11.6 Å². The van der Waals surface area contributed by atoms with Crippen molar-refractivity contribution in [2.75, 3.05) is 29.5 Å². The highest BCUT2D eigenvalue weighted by atomic mass is 32.3. The maximum atomic E-state index is 14.9. The summed E-state index contributed by atoms with van der Waals surface area (Å²) in [6.07, 6.45) is 4.82. The van der Waals surface area contributed by atoms with Crippen molar-refractivity contribution < 1.29 is 18.3 Å². The van der Waals surface area contributed by atoms with Crippen molar-refractivity contribution in [2.24, 2.45) is 5.92 Å². The van der Waals surface area contributed by atoms with E-state index in [0.29, 0.717) is 31.0 Å². The Hall–Kier alpha value is -3.46. The fourth-order valence-corrected chi connectivity index (χ4v) is 7.06. The van der Waals surface area contributed by atoms with Crippen LogP contribution in [0.4, 0.5) is 10.1 Å². The molecule has 0 bridgehead atoms. The number of carbonyl (C=O) groups excluding carboxylic acids is 1. The van der Waals surface area contributed by atoms with Crippen LogP contribution in [-0.2, 0) is 4.79 Å². The van der Waals surface area contributed by atoms with Gasteiger partial charge in [-0.15, -0.1) is 0 Å². The molecule has 2 aliphatic rings. The highest BCUT2D eigenvalue weighted by molar-refractivity contribution is 8.24. The van der Waals surface area contributed by atoms with E-state index in [9.17, 15) is 23.6 Å².